The molecule has 1 atom stereocenters. The number of rotatable bonds is 5. The van der Waals surface area contributed by atoms with Crippen LogP contribution in [-0.2, 0) is 17.6 Å². The van der Waals surface area contributed by atoms with Gasteiger partial charge in [0.25, 0.3) is 0 Å². The molecule has 0 radical (unpaired) electrons. The SMILES string of the molecule is CCN(C)C(=O)[C@H]1CCc2c(sc3ncnc(Nc4cc5cn[nH]c5nc4OC)c23)C1. The molecular formula is C21H23N7O2S. The molecule has 1 aliphatic rings. The summed E-state index contributed by atoms with van der Waals surface area (Å²) in [6.07, 6.45) is 5.71. The van der Waals surface area contributed by atoms with Crippen molar-refractivity contribution in [2.45, 2.75) is 26.2 Å². The number of hydrogen-bond acceptors (Lipinski definition) is 8. The lowest BCUT2D eigenvalue weighted by Crippen LogP contribution is -2.35. The lowest BCUT2D eigenvalue weighted by molar-refractivity contribution is -0.134. The van der Waals surface area contributed by atoms with E-state index in [0.29, 0.717) is 17.2 Å². The maximum absolute atomic E-state index is 12.7. The van der Waals surface area contributed by atoms with Crippen molar-refractivity contribution in [1.82, 2.24) is 30.0 Å². The molecule has 1 aliphatic carbocycles. The zero-order valence-electron chi connectivity index (χ0n) is 17.6. The predicted molar refractivity (Wildman–Crippen MR) is 120 cm³/mol. The summed E-state index contributed by atoms with van der Waals surface area (Å²) in [4.78, 5) is 30.1. The fraction of sp³-hybridized carbons (Fsp3) is 0.381. The van der Waals surface area contributed by atoms with Gasteiger partial charge in [-0.3, -0.25) is 9.89 Å². The molecule has 0 saturated heterocycles. The third-order valence-electron chi connectivity index (χ3n) is 5.88. The molecule has 10 heteroatoms. The van der Waals surface area contributed by atoms with Crippen molar-refractivity contribution in [2.24, 2.45) is 5.92 Å². The van der Waals surface area contributed by atoms with Crippen LogP contribution in [0.1, 0.15) is 23.8 Å². The van der Waals surface area contributed by atoms with Gasteiger partial charge in [0.1, 0.15) is 22.7 Å². The number of amides is 1. The van der Waals surface area contributed by atoms with Gasteiger partial charge in [-0.1, -0.05) is 0 Å². The fourth-order valence-corrected chi connectivity index (χ4v) is 5.39. The van der Waals surface area contributed by atoms with Crippen LogP contribution in [0.5, 0.6) is 5.88 Å². The maximum Gasteiger partial charge on any atom is 0.239 e. The first kappa shape index (κ1) is 19.7. The lowest BCUT2D eigenvalue weighted by Gasteiger charge is -2.26. The number of ether oxygens (including phenoxy) is 1. The van der Waals surface area contributed by atoms with Crippen LogP contribution in [0.3, 0.4) is 0 Å². The molecule has 0 spiro atoms. The third-order valence-corrected chi connectivity index (χ3v) is 7.05. The van der Waals surface area contributed by atoms with Gasteiger partial charge in [0.15, 0.2) is 5.65 Å². The van der Waals surface area contributed by atoms with E-state index in [4.69, 9.17) is 4.74 Å². The first-order valence-electron chi connectivity index (χ1n) is 10.2. The molecule has 1 amide bonds. The molecule has 0 aliphatic heterocycles. The molecule has 0 aromatic carbocycles. The molecule has 4 heterocycles. The highest BCUT2D eigenvalue weighted by molar-refractivity contribution is 7.19. The van der Waals surface area contributed by atoms with E-state index in [1.807, 2.05) is 20.0 Å². The van der Waals surface area contributed by atoms with E-state index in [0.717, 1.165) is 47.2 Å². The van der Waals surface area contributed by atoms with Crippen LogP contribution in [0.2, 0.25) is 0 Å². The van der Waals surface area contributed by atoms with Gasteiger partial charge in [-0.2, -0.15) is 10.1 Å². The van der Waals surface area contributed by atoms with Gasteiger partial charge in [-0.15, -0.1) is 11.3 Å². The second-order valence-electron chi connectivity index (χ2n) is 7.68. The van der Waals surface area contributed by atoms with E-state index in [1.54, 1.807) is 35.9 Å². The monoisotopic (exact) mass is 437 g/mol. The summed E-state index contributed by atoms with van der Waals surface area (Å²) in [6, 6.07) is 1.94. The molecule has 160 valence electrons. The fourth-order valence-electron chi connectivity index (χ4n) is 4.12. The van der Waals surface area contributed by atoms with Crippen LogP contribution in [0.15, 0.2) is 18.6 Å². The Kier molecular flexibility index (Phi) is 4.93. The maximum atomic E-state index is 12.7. The summed E-state index contributed by atoms with van der Waals surface area (Å²) >= 11 is 1.66. The number of thiophene rings is 1. The van der Waals surface area contributed by atoms with Crippen LogP contribution in [0.25, 0.3) is 21.3 Å². The highest BCUT2D eigenvalue weighted by Gasteiger charge is 2.30. The summed E-state index contributed by atoms with van der Waals surface area (Å²) < 4.78 is 5.47. The number of carbonyl (C=O) groups is 1. The van der Waals surface area contributed by atoms with Gasteiger partial charge in [0, 0.05) is 29.8 Å². The summed E-state index contributed by atoms with van der Waals surface area (Å²) in [7, 11) is 3.46. The number of methoxy groups -OCH3 is 1. The number of nitrogens with one attached hydrogen (secondary N) is 2. The average Bonchev–Trinajstić information content (AvgIpc) is 3.40. The molecule has 0 bridgehead atoms. The van der Waals surface area contributed by atoms with Crippen LogP contribution >= 0.6 is 11.3 Å². The molecule has 0 saturated carbocycles. The topological polar surface area (TPSA) is 109 Å². The number of fused-ring (bicyclic) bond motifs is 4. The second kappa shape index (κ2) is 7.77. The first-order valence-corrected chi connectivity index (χ1v) is 11.1. The molecule has 4 aromatic heterocycles. The molecule has 2 N–H and O–H groups in total. The molecule has 0 fully saturated rings. The Bertz CT molecular complexity index is 1280. The standard InChI is InChI=1S/C21H23N7O2S/c1-4-28(2)21(29)11-5-6-13-15(8-11)31-20-16(13)18(22-10-23-20)25-14-7-12-9-24-27-17(12)26-19(14)30-3/h7,9-11H,4-6,8H2,1-3H3,(H,22,23,25)(H,24,26,27)/t11-/m0/s1. The Labute approximate surface area is 182 Å². The van der Waals surface area contributed by atoms with E-state index in [2.05, 4.69) is 30.5 Å². The van der Waals surface area contributed by atoms with E-state index in [9.17, 15) is 4.79 Å². The van der Waals surface area contributed by atoms with Gasteiger partial charge >= 0.3 is 0 Å². The van der Waals surface area contributed by atoms with E-state index in [-0.39, 0.29) is 11.8 Å². The average molecular weight is 438 g/mol. The third kappa shape index (κ3) is 3.36. The van der Waals surface area contributed by atoms with Crippen molar-refractivity contribution in [1.29, 1.82) is 0 Å². The lowest BCUT2D eigenvalue weighted by atomic mass is 9.87. The van der Waals surface area contributed by atoms with Crippen molar-refractivity contribution in [3.63, 3.8) is 0 Å². The number of aromatic nitrogens is 5. The molecule has 5 rings (SSSR count). The number of pyridine rings is 1. The molecular weight excluding hydrogens is 414 g/mol. The Morgan fingerprint density at radius 2 is 2.29 bits per heavy atom. The molecule has 4 aromatic rings. The van der Waals surface area contributed by atoms with Crippen molar-refractivity contribution < 1.29 is 9.53 Å². The van der Waals surface area contributed by atoms with Crippen LogP contribution < -0.4 is 10.1 Å². The number of aromatic amines is 1. The van der Waals surface area contributed by atoms with Gasteiger partial charge in [-0.05, 0) is 37.8 Å². The van der Waals surface area contributed by atoms with Crippen LogP contribution in [0, 0.1) is 5.92 Å². The number of aryl methyl sites for hydroxylation is 1. The van der Waals surface area contributed by atoms with Gasteiger partial charge < -0.3 is 15.0 Å². The highest BCUT2D eigenvalue weighted by Crippen LogP contribution is 2.41. The summed E-state index contributed by atoms with van der Waals surface area (Å²) in [5, 5.41) is 12.2. The number of nitrogens with zero attached hydrogens (tertiary/aromatic N) is 5. The van der Waals surface area contributed by atoms with Crippen molar-refractivity contribution >= 4 is 50.0 Å². The van der Waals surface area contributed by atoms with Crippen molar-refractivity contribution in [3.8, 4) is 5.88 Å². The number of carbonyl (C=O) groups excluding carboxylic acids is 1. The Morgan fingerprint density at radius 1 is 1.42 bits per heavy atom. The van der Waals surface area contributed by atoms with Gasteiger partial charge in [0.2, 0.25) is 11.8 Å². The smallest absolute Gasteiger partial charge is 0.239 e. The highest BCUT2D eigenvalue weighted by atomic mass is 32.1. The normalized spacial score (nSPS) is 15.8. The minimum Gasteiger partial charge on any atom is -0.479 e. The largest absolute Gasteiger partial charge is 0.479 e. The summed E-state index contributed by atoms with van der Waals surface area (Å²) in [6.45, 7) is 2.73. The van der Waals surface area contributed by atoms with Crippen LogP contribution in [-0.4, -0.2) is 56.7 Å². The molecule has 0 unspecified atom stereocenters. The van der Waals surface area contributed by atoms with E-state index in [1.165, 1.54) is 10.4 Å². The number of H-pyrrole nitrogens is 1. The summed E-state index contributed by atoms with van der Waals surface area (Å²) in [5.74, 6) is 1.43. The van der Waals surface area contributed by atoms with Crippen LogP contribution in [0.4, 0.5) is 11.5 Å². The predicted octanol–water partition coefficient (Wildman–Crippen LogP) is 3.30. The Morgan fingerprint density at radius 3 is 3.10 bits per heavy atom. The van der Waals surface area contributed by atoms with Gasteiger partial charge in [0.05, 0.1) is 18.7 Å². The Hall–Kier alpha value is -3.27. The molecule has 9 nitrogen and oxygen atoms in total. The van der Waals surface area contributed by atoms with Crippen molar-refractivity contribution in [2.75, 3.05) is 26.0 Å². The number of hydrogen-bond donors (Lipinski definition) is 2. The van der Waals surface area contributed by atoms with E-state index >= 15 is 0 Å². The molecule has 31 heavy (non-hydrogen) atoms. The minimum atomic E-state index is 0.0303. The van der Waals surface area contributed by atoms with E-state index < -0.39 is 0 Å². The summed E-state index contributed by atoms with van der Waals surface area (Å²) in [5.41, 5.74) is 2.61. The van der Waals surface area contributed by atoms with Crippen molar-refractivity contribution in [3.05, 3.63) is 29.0 Å². The minimum absolute atomic E-state index is 0.0303. The zero-order chi connectivity index (χ0) is 21.5. The second-order valence-corrected chi connectivity index (χ2v) is 8.76. The zero-order valence-corrected chi connectivity index (χ0v) is 18.4. The number of anilines is 2. The quantitative estimate of drug-likeness (QED) is 0.493. The van der Waals surface area contributed by atoms with Gasteiger partial charge in [-0.25, -0.2) is 9.97 Å². The first-order chi connectivity index (χ1) is 15.1. The Balaban J connectivity index is 1.52.